The van der Waals surface area contributed by atoms with E-state index in [1.165, 1.54) is 16.9 Å². The van der Waals surface area contributed by atoms with Crippen molar-refractivity contribution in [2.24, 2.45) is 5.41 Å². The van der Waals surface area contributed by atoms with Gasteiger partial charge >= 0.3 is 0 Å². The van der Waals surface area contributed by atoms with Gasteiger partial charge in [-0.3, -0.25) is 9.59 Å². The minimum atomic E-state index is -0.475. The van der Waals surface area contributed by atoms with Crippen molar-refractivity contribution in [1.29, 1.82) is 0 Å². The van der Waals surface area contributed by atoms with Gasteiger partial charge in [0.1, 0.15) is 0 Å². The first-order valence-corrected chi connectivity index (χ1v) is 9.23. The lowest BCUT2D eigenvalue weighted by atomic mass is 9.96. The Bertz CT molecular complexity index is 785. The van der Waals surface area contributed by atoms with Crippen molar-refractivity contribution in [3.8, 4) is 0 Å². The summed E-state index contributed by atoms with van der Waals surface area (Å²) in [6, 6.07) is 9.72. The van der Waals surface area contributed by atoms with Crippen LogP contribution in [-0.2, 0) is 4.79 Å². The maximum absolute atomic E-state index is 12.6. The van der Waals surface area contributed by atoms with E-state index in [1.807, 2.05) is 52.0 Å². The molecule has 0 radical (unpaired) electrons. The Morgan fingerprint density at radius 3 is 2.36 bits per heavy atom. The third-order valence-electron chi connectivity index (χ3n) is 3.85. The predicted molar refractivity (Wildman–Crippen MR) is 106 cm³/mol. The molecule has 5 heteroatoms. The van der Waals surface area contributed by atoms with Crippen LogP contribution in [0.4, 0.5) is 10.7 Å². The molecule has 1 heterocycles. The second-order valence-electron chi connectivity index (χ2n) is 7.56. The summed E-state index contributed by atoms with van der Waals surface area (Å²) in [5, 5.41) is 6.53. The molecule has 0 saturated carbocycles. The largest absolute Gasteiger partial charge is 0.321 e. The van der Waals surface area contributed by atoms with Crippen molar-refractivity contribution in [1.82, 2.24) is 0 Å². The molecule has 0 saturated heterocycles. The molecule has 0 atom stereocenters. The lowest BCUT2D eigenvalue weighted by Gasteiger charge is -2.16. The molecule has 2 rings (SSSR count). The van der Waals surface area contributed by atoms with E-state index in [9.17, 15) is 9.59 Å². The van der Waals surface area contributed by atoms with Crippen LogP contribution in [0.5, 0.6) is 0 Å². The molecule has 4 nitrogen and oxygen atoms in total. The highest BCUT2D eigenvalue weighted by Crippen LogP contribution is 2.29. The number of anilines is 2. The summed E-state index contributed by atoms with van der Waals surface area (Å²) in [7, 11) is 0. The summed E-state index contributed by atoms with van der Waals surface area (Å²) in [4.78, 5) is 25.3. The van der Waals surface area contributed by atoms with E-state index in [2.05, 4.69) is 30.5 Å². The molecule has 0 aliphatic rings. The summed E-state index contributed by atoms with van der Waals surface area (Å²) >= 11 is 1.30. The molecular weight excluding hydrogens is 332 g/mol. The van der Waals surface area contributed by atoms with Crippen LogP contribution < -0.4 is 10.6 Å². The van der Waals surface area contributed by atoms with E-state index in [-0.39, 0.29) is 11.8 Å². The average Bonchev–Trinajstić information content (AvgIpc) is 2.87. The molecule has 25 heavy (non-hydrogen) atoms. The van der Waals surface area contributed by atoms with Crippen LogP contribution in [0.15, 0.2) is 30.3 Å². The number of rotatable bonds is 4. The fraction of sp³-hybridized carbons (Fsp3) is 0.400. The van der Waals surface area contributed by atoms with E-state index in [4.69, 9.17) is 0 Å². The molecule has 1 aromatic heterocycles. The van der Waals surface area contributed by atoms with Gasteiger partial charge in [-0.2, -0.15) is 0 Å². The number of carbonyl (C=O) groups excluding carboxylic acids is 2. The molecule has 134 valence electrons. The zero-order valence-electron chi connectivity index (χ0n) is 15.7. The smallest absolute Gasteiger partial charge is 0.266 e. The van der Waals surface area contributed by atoms with Crippen molar-refractivity contribution in [2.75, 3.05) is 10.6 Å². The standard InChI is InChI=1S/C20H26N2O2S/c1-12(2)14-8-7-9-15(11-14)21-18(23)17-13(3)10-16(25-17)22-19(24)20(4,5)6/h7-12H,1-6H3,(H,21,23)(H,22,24). The Kier molecular flexibility index (Phi) is 5.68. The molecule has 0 aliphatic heterocycles. The zero-order valence-corrected chi connectivity index (χ0v) is 16.5. The van der Waals surface area contributed by atoms with Crippen molar-refractivity contribution in [2.45, 2.75) is 47.5 Å². The van der Waals surface area contributed by atoms with E-state index in [0.29, 0.717) is 15.8 Å². The van der Waals surface area contributed by atoms with Crippen molar-refractivity contribution in [3.05, 3.63) is 46.3 Å². The highest BCUT2D eigenvalue weighted by molar-refractivity contribution is 7.18. The highest BCUT2D eigenvalue weighted by atomic mass is 32.1. The van der Waals surface area contributed by atoms with Gasteiger partial charge in [0.15, 0.2) is 0 Å². The summed E-state index contributed by atoms with van der Waals surface area (Å²) < 4.78 is 0. The third-order valence-corrected chi connectivity index (χ3v) is 5.00. The maximum Gasteiger partial charge on any atom is 0.266 e. The summed E-state index contributed by atoms with van der Waals surface area (Å²) in [5.41, 5.74) is 2.34. The third kappa shape index (κ3) is 4.92. The van der Waals surface area contributed by atoms with E-state index >= 15 is 0 Å². The van der Waals surface area contributed by atoms with Crippen LogP contribution in [0.1, 0.15) is 61.3 Å². The van der Waals surface area contributed by atoms with E-state index in [0.717, 1.165) is 11.3 Å². The average molecular weight is 359 g/mol. The number of benzene rings is 1. The molecular formula is C20H26N2O2S. The highest BCUT2D eigenvalue weighted by Gasteiger charge is 2.23. The van der Waals surface area contributed by atoms with Crippen molar-refractivity contribution in [3.63, 3.8) is 0 Å². The normalized spacial score (nSPS) is 11.5. The van der Waals surface area contributed by atoms with E-state index < -0.39 is 5.41 Å². The van der Waals surface area contributed by atoms with Gasteiger partial charge in [-0.05, 0) is 42.2 Å². The first-order chi connectivity index (χ1) is 11.6. The molecule has 1 aromatic carbocycles. The van der Waals surface area contributed by atoms with Crippen molar-refractivity contribution < 1.29 is 9.59 Å². The minimum absolute atomic E-state index is 0.0645. The Hall–Kier alpha value is -2.14. The molecule has 2 N–H and O–H groups in total. The summed E-state index contributed by atoms with van der Waals surface area (Å²) in [5.74, 6) is 0.185. The van der Waals surface area contributed by atoms with Crippen LogP contribution in [-0.4, -0.2) is 11.8 Å². The van der Waals surface area contributed by atoms with Gasteiger partial charge in [-0.15, -0.1) is 11.3 Å². The lowest BCUT2D eigenvalue weighted by molar-refractivity contribution is -0.123. The first-order valence-electron chi connectivity index (χ1n) is 8.41. The second kappa shape index (κ2) is 7.40. The predicted octanol–water partition coefficient (Wildman–Crippen LogP) is 5.42. The number of hydrogen-bond acceptors (Lipinski definition) is 3. The quantitative estimate of drug-likeness (QED) is 0.767. The Morgan fingerprint density at radius 2 is 1.76 bits per heavy atom. The van der Waals surface area contributed by atoms with Crippen LogP contribution in [0.3, 0.4) is 0 Å². The van der Waals surface area contributed by atoms with E-state index in [1.54, 1.807) is 0 Å². The number of amides is 2. The van der Waals surface area contributed by atoms with Gasteiger partial charge in [0, 0.05) is 11.1 Å². The fourth-order valence-electron chi connectivity index (χ4n) is 2.23. The van der Waals surface area contributed by atoms with Crippen molar-refractivity contribution >= 4 is 33.8 Å². The van der Waals surface area contributed by atoms with Crippen LogP contribution >= 0.6 is 11.3 Å². The Morgan fingerprint density at radius 1 is 1.08 bits per heavy atom. The number of thiophene rings is 1. The SMILES string of the molecule is Cc1cc(NC(=O)C(C)(C)C)sc1C(=O)Nc1cccc(C(C)C)c1. The maximum atomic E-state index is 12.6. The van der Waals surface area contributed by atoms with Crippen LogP contribution in [0, 0.1) is 12.3 Å². The molecule has 0 spiro atoms. The topological polar surface area (TPSA) is 58.2 Å². The Labute approximate surface area is 153 Å². The molecule has 0 unspecified atom stereocenters. The molecule has 0 fully saturated rings. The molecule has 2 amide bonds. The Balaban J connectivity index is 2.15. The monoisotopic (exact) mass is 358 g/mol. The zero-order chi connectivity index (χ0) is 18.8. The number of nitrogens with one attached hydrogen (secondary N) is 2. The molecule has 0 bridgehead atoms. The number of carbonyl (C=O) groups is 2. The van der Waals surface area contributed by atoms with Gasteiger partial charge in [0.2, 0.25) is 5.91 Å². The van der Waals surface area contributed by atoms with Gasteiger partial charge in [0.05, 0.1) is 9.88 Å². The minimum Gasteiger partial charge on any atom is -0.321 e. The first kappa shape index (κ1) is 19.2. The molecule has 0 aliphatic carbocycles. The second-order valence-corrected chi connectivity index (χ2v) is 8.61. The lowest BCUT2D eigenvalue weighted by Crippen LogP contribution is -2.27. The molecule has 2 aromatic rings. The van der Waals surface area contributed by atoms with Gasteiger partial charge < -0.3 is 10.6 Å². The van der Waals surface area contributed by atoms with Gasteiger partial charge in [0.25, 0.3) is 5.91 Å². The van der Waals surface area contributed by atoms with Gasteiger partial charge in [-0.25, -0.2) is 0 Å². The van der Waals surface area contributed by atoms with Crippen LogP contribution in [0.2, 0.25) is 0 Å². The van der Waals surface area contributed by atoms with Gasteiger partial charge in [-0.1, -0.05) is 46.8 Å². The number of hydrogen-bond donors (Lipinski definition) is 2. The fourth-order valence-corrected chi connectivity index (χ4v) is 3.19. The number of aryl methyl sites for hydroxylation is 1. The summed E-state index contributed by atoms with van der Waals surface area (Å²) in [6.07, 6.45) is 0. The van der Waals surface area contributed by atoms with Crippen LogP contribution in [0.25, 0.3) is 0 Å². The summed E-state index contributed by atoms with van der Waals surface area (Å²) in [6.45, 7) is 11.7.